The SMILES string of the molecule is CCCNc1ccc([N+](=O)[O-])c(NCC2CCOC2)n1. The van der Waals surface area contributed by atoms with Crippen LogP contribution in [-0.4, -0.2) is 36.2 Å². The van der Waals surface area contributed by atoms with E-state index < -0.39 is 4.92 Å². The minimum atomic E-state index is -0.413. The molecule has 1 aromatic rings. The van der Waals surface area contributed by atoms with Crippen LogP contribution in [0.2, 0.25) is 0 Å². The second-order valence-electron chi connectivity index (χ2n) is 4.86. The van der Waals surface area contributed by atoms with Crippen molar-refractivity contribution in [1.82, 2.24) is 4.98 Å². The number of pyridine rings is 1. The first-order valence-corrected chi connectivity index (χ1v) is 6.91. The fraction of sp³-hybridized carbons (Fsp3) is 0.615. The zero-order valence-electron chi connectivity index (χ0n) is 11.6. The normalized spacial score (nSPS) is 17.9. The molecule has 0 aliphatic carbocycles. The van der Waals surface area contributed by atoms with Gasteiger partial charge >= 0.3 is 5.69 Å². The van der Waals surface area contributed by atoms with Crippen LogP contribution in [-0.2, 0) is 4.74 Å². The van der Waals surface area contributed by atoms with Gasteiger partial charge in [0.2, 0.25) is 5.82 Å². The Morgan fingerprint density at radius 1 is 1.50 bits per heavy atom. The second kappa shape index (κ2) is 7.04. The van der Waals surface area contributed by atoms with Crippen molar-refractivity contribution in [1.29, 1.82) is 0 Å². The number of anilines is 2. The van der Waals surface area contributed by atoms with E-state index in [4.69, 9.17) is 4.74 Å². The van der Waals surface area contributed by atoms with Gasteiger partial charge < -0.3 is 15.4 Å². The molecule has 0 aromatic carbocycles. The number of hydrogen-bond acceptors (Lipinski definition) is 6. The molecule has 1 saturated heterocycles. The molecule has 1 aliphatic heterocycles. The monoisotopic (exact) mass is 280 g/mol. The molecule has 1 fully saturated rings. The molecule has 7 nitrogen and oxygen atoms in total. The van der Waals surface area contributed by atoms with Crippen molar-refractivity contribution in [2.45, 2.75) is 19.8 Å². The molecule has 1 unspecified atom stereocenters. The molecule has 0 bridgehead atoms. The van der Waals surface area contributed by atoms with Gasteiger partial charge in [0.1, 0.15) is 5.82 Å². The zero-order valence-corrected chi connectivity index (χ0v) is 11.6. The minimum absolute atomic E-state index is 0.00552. The Labute approximate surface area is 117 Å². The van der Waals surface area contributed by atoms with Gasteiger partial charge in [0.15, 0.2) is 0 Å². The highest BCUT2D eigenvalue weighted by atomic mass is 16.6. The molecular weight excluding hydrogens is 260 g/mol. The number of hydrogen-bond donors (Lipinski definition) is 2. The predicted octanol–water partition coefficient (Wildman–Crippen LogP) is 2.26. The lowest BCUT2D eigenvalue weighted by Gasteiger charge is -2.11. The Bertz CT molecular complexity index is 461. The maximum Gasteiger partial charge on any atom is 0.311 e. The van der Waals surface area contributed by atoms with Gasteiger partial charge in [-0.25, -0.2) is 4.98 Å². The third kappa shape index (κ3) is 3.80. The van der Waals surface area contributed by atoms with Crippen LogP contribution in [0.4, 0.5) is 17.3 Å². The van der Waals surface area contributed by atoms with Crippen molar-refractivity contribution in [3.05, 3.63) is 22.2 Å². The van der Waals surface area contributed by atoms with E-state index in [9.17, 15) is 10.1 Å². The summed E-state index contributed by atoms with van der Waals surface area (Å²) < 4.78 is 5.29. The van der Waals surface area contributed by atoms with E-state index in [1.807, 2.05) is 0 Å². The number of nitro groups is 1. The van der Waals surface area contributed by atoms with E-state index >= 15 is 0 Å². The van der Waals surface area contributed by atoms with E-state index in [0.29, 0.717) is 30.7 Å². The molecule has 2 rings (SSSR count). The summed E-state index contributed by atoms with van der Waals surface area (Å²) in [5.41, 5.74) is 0.00552. The fourth-order valence-electron chi connectivity index (χ4n) is 2.07. The number of aromatic nitrogens is 1. The van der Waals surface area contributed by atoms with Gasteiger partial charge in [-0.3, -0.25) is 10.1 Å². The van der Waals surface area contributed by atoms with E-state index in [1.54, 1.807) is 6.07 Å². The van der Waals surface area contributed by atoms with Crippen molar-refractivity contribution in [3.63, 3.8) is 0 Å². The first kappa shape index (κ1) is 14.5. The van der Waals surface area contributed by atoms with Gasteiger partial charge in [0.25, 0.3) is 0 Å². The summed E-state index contributed by atoms with van der Waals surface area (Å²) in [6.45, 7) is 4.96. The van der Waals surface area contributed by atoms with E-state index in [1.165, 1.54) is 6.07 Å². The van der Waals surface area contributed by atoms with Gasteiger partial charge in [0.05, 0.1) is 11.5 Å². The van der Waals surface area contributed by atoms with Crippen molar-refractivity contribution in [3.8, 4) is 0 Å². The molecule has 1 atom stereocenters. The Balaban J connectivity index is 2.06. The molecule has 2 N–H and O–H groups in total. The molecule has 20 heavy (non-hydrogen) atoms. The standard InChI is InChI=1S/C13H20N4O3/c1-2-6-14-12-4-3-11(17(18)19)13(16-12)15-8-10-5-7-20-9-10/h3-4,10H,2,5-9H2,1H3,(H2,14,15,16). The van der Waals surface area contributed by atoms with Crippen LogP contribution in [0.15, 0.2) is 12.1 Å². The number of nitrogens with zero attached hydrogens (tertiary/aromatic N) is 2. The highest BCUT2D eigenvalue weighted by Crippen LogP contribution is 2.25. The summed E-state index contributed by atoms with van der Waals surface area (Å²) in [5.74, 6) is 1.37. The smallest absolute Gasteiger partial charge is 0.311 e. The highest BCUT2D eigenvalue weighted by molar-refractivity contribution is 5.60. The molecule has 0 amide bonds. The van der Waals surface area contributed by atoms with Crippen molar-refractivity contribution >= 4 is 17.3 Å². The van der Waals surface area contributed by atoms with Crippen LogP contribution in [0.3, 0.4) is 0 Å². The summed E-state index contributed by atoms with van der Waals surface area (Å²) in [7, 11) is 0. The third-order valence-corrected chi connectivity index (χ3v) is 3.21. The molecule has 1 aliphatic rings. The summed E-state index contributed by atoms with van der Waals surface area (Å²) in [6, 6.07) is 3.12. The average molecular weight is 280 g/mol. The zero-order chi connectivity index (χ0) is 14.4. The third-order valence-electron chi connectivity index (χ3n) is 3.21. The molecular formula is C13H20N4O3. The summed E-state index contributed by atoms with van der Waals surface area (Å²) in [4.78, 5) is 14.9. The molecule has 0 saturated carbocycles. The summed E-state index contributed by atoms with van der Waals surface area (Å²) in [6.07, 6.45) is 1.95. The Morgan fingerprint density at radius 3 is 3.00 bits per heavy atom. The van der Waals surface area contributed by atoms with Crippen molar-refractivity contribution in [2.75, 3.05) is 36.9 Å². The van der Waals surface area contributed by atoms with Gasteiger partial charge in [-0.1, -0.05) is 6.92 Å². The van der Waals surface area contributed by atoms with Crippen LogP contribution < -0.4 is 10.6 Å². The van der Waals surface area contributed by atoms with Crippen LogP contribution in [0.25, 0.3) is 0 Å². The molecule has 2 heterocycles. The van der Waals surface area contributed by atoms with Crippen molar-refractivity contribution in [2.24, 2.45) is 5.92 Å². The number of rotatable bonds is 7. The maximum atomic E-state index is 11.0. The minimum Gasteiger partial charge on any atom is -0.381 e. The largest absolute Gasteiger partial charge is 0.381 e. The quantitative estimate of drug-likeness (QED) is 0.588. The first-order valence-electron chi connectivity index (χ1n) is 6.91. The Hall–Kier alpha value is -1.89. The van der Waals surface area contributed by atoms with Gasteiger partial charge in [-0.2, -0.15) is 0 Å². The number of nitrogens with one attached hydrogen (secondary N) is 2. The Morgan fingerprint density at radius 2 is 2.35 bits per heavy atom. The lowest BCUT2D eigenvalue weighted by Crippen LogP contribution is -2.16. The van der Waals surface area contributed by atoms with Crippen molar-refractivity contribution < 1.29 is 9.66 Å². The molecule has 110 valence electrons. The number of ether oxygens (including phenoxy) is 1. The Kier molecular flexibility index (Phi) is 5.11. The molecule has 0 radical (unpaired) electrons. The molecule has 1 aromatic heterocycles. The van der Waals surface area contributed by atoms with Crippen LogP contribution in [0, 0.1) is 16.0 Å². The fourth-order valence-corrected chi connectivity index (χ4v) is 2.07. The van der Waals surface area contributed by atoms with E-state index in [2.05, 4.69) is 22.5 Å². The van der Waals surface area contributed by atoms with Gasteiger partial charge in [-0.05, 0) is 18.9 Å². The lowest BCUT2D eigenvalue weighted by atomic mass is 10.1. The highest BCUT2D eigenvalue weighted by Gasteiger charge is 2.19. The predicted molar refractivity (Wildman–Crippen MR) is 77.1 cm³/mol. The van der Waals surface area contributed by atoms with Gasteiger partial charge in [0, 0.05) is 31.7 Å². The summed E-state index contributed by atoms with van der Waals surface area (Å²) >= 11 is 0. The van der Waals surface area contributed by atoms with Crippen LogP contribution in [0.5, 0.6) is 0 Å². The van der Waals surface area contributed by atoms with Crippen LogP contribution >= 0.6 is 0 Å². The second-order valence-corrected chi connectivity index (χ2v) is 4.86. The van der Waals surface area contributed by atoms with E-state index in [0.717, 1.165) is 26.0 Å². The average Bonchev–Trinajstić information content (AvgIpc) is 2.96. The maximum absolute atomic E-state index is 11.0. The molecule has 7 heteroatoms. The lowest BCUT2D eigenvalue weighted by molar-refractivity contribution is -0.384. The van der Waals surface area contributed by atoms with E-state index in [-0.39, 0.29) is 5.69 Å². The van der Waals surface area contributed by atoms with Crippen LogP contribution in [0.1, 0.15) is 19.8 Å². The first-order chi connectivity index (χ1) is 9.70. The topological polar surface area (TPSA) is 89.3 Å². The van der Waals surface area contributed by atoms with Gasteiger partial charge in [-0.15, -0.1) is 0 Å². The summed E-state index contributed by atoms with van der Waals surface area (Å²) in [5, 5.41) is 17.2. The molecule has 0 spiro atoms.